The molecule has 2 heterocycles. The molecule has 0 saturated carbocycles. The van der Waals surface area contributed by atoms with E-state index in [0.29, 0.717) is 11.6 Å². The summed E-state index contributed by atoms with van der Waals surface area (Å²) in [6.45, 7) is 1.81. The first-order valence-electron chi connectivity index (χ1n) is 3.92. The lowest BCUT2D eigenvalue weighted by atomic mass is 10.1. The van der Waals surface area contributed by atoms with Gasteiger partial charge < -0.3 is 10.3 Å². The van der Waals surface area contributed by atoms with Gasteiger partial charge in [-0.15, -0.1) is 0 Å². The Balaban J connectivity index is 2.59. The van der Waals surface area contributed by atoms with E-state index < -0.39 is 0 Å². The summed E-state index contributed by atoms with van der Waals surface area (Å²) in [4.78, 5) is 4.16. The second-order valence-electron chi connectivity index (χ2n) is 2.71. The predicted octanol–water partition coefficient (Wildman–Crippen LogP) is 1.63. The van der Waals surface area contributed by atoms with Gasteiger partial charge in [0.1, 0.15) is 5.76 Å². The number of hydrogen-bond acceptors (Lipinski definition) is 4. The van der Waals surface area contributed by atoms with Crippen molar-refractivity contribution in [2.24, 2.45) is 0 Å². The minimum Gasteiger partial charge on any atom is -0.380 e. The quantitative estimate of drug-likeness (QED) is 0.715. The Labute approximate surface area is 75.4 Å². The molecule has 66 valence electrons. The smallest absolute Gasteiger partial charge is 0.176 e. The van der Waals surface area contributed by atoms with Gasteiger partial charge in [0.15, 0.2) is 5.82 Å². The first-order chi connectivity index (χ1) is 6.29. The van der Waals surface area contributed by atoms with Crippen LogP contribution in [-0.2, 0) is 0 Å². The average molecular weight is 175 g/mol. The number of pyridine rings is 1. The molecule has 0 aliphatic rings. The molecule has 4 heteroatoms. The predicted molar refractivity (Wildman–Crippen MR) is 48.9 cm³/mol. The summed E-state index contributed by atoms with van der Waals surface area (Å²) < 4.78 is 4.93. The summed E-state index contributed by atoms with van der Waals surface area (Å²) in [6, 6.07) is 5.62. The van der Waals surface area contributed by atoms with Gasteiger partial charge in [0.25, 0.3) is 0 Å². The van der Waals surface area contributed by atoms with Gasteiger partial charge in [-0.1, -0.05) is 11.2 Å². The monoisotopic (exact) mass is 175 g/mol. The van der Waals surface area contributed by atoms with Crippen molar-refractivity contribution in [2.75, 3.05) is 5.73 Å². The molecule has 0 radical (unpaired) electrons. The number of aromatic nitrogens is 2. The minimum atomic E-state index is 0.385. The van der Waals surface area contributed by atoms with Crippen molar-refractivity contribution in [3.05, 3.63) is 30.2 Å². The molecule has 0 saturated heterocycles. The van der Waals surface area contributed by atoms with Crippen LogP contribution in [0.5, 0.6) is 0 Å². The lowest BCUT2D eigenvalue weighted by molar-refractivity contribution is 0.401. The van der Waals surface area contributed by atoms with E-state index in [1.807, 2.05) is 25.1 Å². The second kappa shape index (κ2) is 2.90. The summed E-state index contributed by atoms with van der Waals surface area (Å²) in [6.07, 6.45) is 1.71. The Morgan fingerprint density at radius 1 is 1.38 bits per heavy atom. The number of hydrogen-bond donors (Lipinski definition) is 1. The van der Waals surface area contributed by atoms with Crippen LogP contribution in [0.3, 0.4) is 0 Å². The zero-order valence-corrected chi connectivity index (χ0v) is 7.19. The van der Waals surface area contributed by atoms with Crippen LogP contribution in [0.1, 0.15) is 5.76 Å². The third-order valence-corrected chi connectivity index (χ3v) is 1.81. The van der Waals surface area contributed by atoms with Crippen LogP contribution in [0.25, 0.3) is 11.3 Å². The lowest BCUT2D eigenvalue weighted by Gasteiger charge is -1.96. The molecular formula is C9H9N3O. The van der Waals surface area contributed by atoms with Gasteiger partial charge >= 0.3 is 0 Å². The Bertz CT molecular complexity index is 389. The van der Waals surface area contributed by atoms with E-state index >= 15 is 0 Å². The van der Waals surface area contributed by atoms with Gasteiger partial charge in [0.2, 0.25) is 0 Å². The normalized spacial score (nSPS) is 10.2. The van der Waals surface area contributed by atoms with Crippen molar-refractivity contribution in [3.8, 4) is 11.3 Å². The van der Waals surface area contributed by atoms with Crippen molar-refractivity contribution in [3.63, 3.8) is 0 Å². The second-order valence-corrected chi connectivity index (χ2v) is 2.71. The maximum Gasteiger partial charge on any atom is 0.176 e. The first-order valence-corrected chi connectivity index (χ1v) is 3.92. The van der Waals surface area contributed by atoms with E-state index in [-0.39, 0.29) is 0 Å². The molecular weight excluding hydrogens is 166 g/mol. The largest absolute Gasteiger partial charge is 0.380 e. The van der Waals surface area contributed by atoms with Crippen molar-refractivity contribution in [2.45, 2.75) is 6.92 Å². The van der Waals surface area contributed by atoms with Gasteiger partial charge in [-0.3, -0.25) is 4.98 Å². The molecule has 0 spiro atoms. The third kappa shape index (κ3) is 1.26. The SMILES string of the molecule is Cc1onc(N)c1-c1ccccn1. The fourth-order valence-corrected chi connectivity index (χ4v) is 1.21. The standard InChI is InChI=1S/C9H9N3O/c1-6-8(9(10)12-13-6)7-4-2-3-5-11-7/h2-5H,1H3,(H2,10,12). The number of nitrogens with two attached hydrogens (primary N) is 1. The summed E-state index contributed by atoms with van der Waals surface area (Å²) in [7, 11) is 0. The maximum atomic E-state index is 5.63. The molecule has 0 bridgehead atoms. The summed E-state index contributed by atoms with van der Waals surface area (Å²) >= 11 is 0. The zero-order valence-electron chi connectivity index (χ0n) is 7.19. The zero-order chi connectivity index (χ0) is 9.26. The van der Waals surface area contributed by atoms with E-state index in [4.69, 9.17) is 10.3 Å². The van der Waals surface area contributed by atoms with Crippen molar-refractivity contribution in [1.29, 1.82) is 0 Å². The number of nitrogen functional groups attached to an aromatic ring is 1. The van der Waals surface area contributed by atoms with Crippen LogP contribution in [0.4, 0.5) is 5.82 Å². The summed E-state index contributed by atoms with van der Waals surface area (Å²) in [5.74, 6) is 1.08. The lowest BCUT2D eigenvalue weighted by Crippen LogP contribution is -1.89. The molecule has 2 aromatic rings. The Morgan fingerprint density at radius 2 is 2.23 bits per heavy atom. The van der Waals surface area contributed by atoms with Gasteiger partial charge in [-0.2, -0.15) is 0 Å². The molecule has 13 heavy (non-hydrogen) atoms. The van der Waals surface area contributed by atoms with Gasteiger partial charge in [0.05, 0.1) is 11.3 Å². The summed E-state index contributed by atoms with van der Waals surface area (Å²) in [5.41, 5.74) is 7.20. The van der Waals surface area contributed by atoms with Crippen LogP contribution in [-0.4, -0.2) is 10.1 Å². The molecule has 0 aliphatic heterocycles. The highest BCUT2D eigenvalue weighted by molar-refractivity contribution is 5.72. The van der Waals surface area contributed by atoms with E-state index in [2.05, 4.69) is 10.1 Å². The maximum absolute atomic E-state index is 5.63. The number of rotatable bonds is 1. The average Bonchev–Trinajstić information content (AvgIpc) is 2.48. The summed E-state index contributed by atoms with van der Waals surface area (Å²) in [5, 5.41) is 3.66. The molecule has 0 fully saturated rings. The molecule has 0 unspecified atom stereocenters. The molecule has 2 rings (SSSR count). The number of anilines is 1. The fourth-order valence-electron chi connectivity index (χ4n) is 1.21. The Kier molecular flexibility index (Phi) is 1.73. The van der Waals surface area contributed by atoms with Crippen LogP contribution in [0, 0.1) is 6.92 Å². The molecule has 0 aromatic carbocycles. The van der Waals surface area contributed by atoms with E-state index in [1.165, 1.54) is 0 Å². The van der Waals surface area contributed by atoms with Gasteiger partial charge in [-0.05, 0) is 19.1 Å². The van der Waals surface area contributed by atoms with Crippen molar-refractivity contribution < 1.29 is 4.52 Å². The number of nitrogens with zero attached hydrogens (tertiary/aromatic N) is 2. The highest BCUT2D eigenvalue weighted by Crippen LogP contribution is 2.26. The van der Waals surface area contributed by atoms with Crippen LogP contribution in [0.15, 0.2) is 28.9 Å². The van der Waals surface area contributed by atoms with Crippen molar-refractivity contribution in [1.82, 2.24) is 10.1 Å². The minimum absolute atomic E-state index is 0.385. The Hall–Kier alpha value is -1.84. The van der Waals surface area contributed by atoms with Crippen LogP contribution < -0.4 is 5.73 Å². The highest BCUT2D eigenvalue weighted by Gasteiger charge is 2.12. The van der Waals surface area contributed by atoms with Crippen LogP contribution in [0.2, 0.25) is 0 Å². The van der Waals surface area contributed by atoms with E-state index in [0.717, 1.165) is 11.3 Å². The number of aryl methyl sites for hydroxylation is 1. The van der Waals surface area contributed by atoms with E-state index in [1.54, 1.807) is 6.20 Å². The topological polar surface area (TPSA) is 64.9 Å². The third-order valence-electron chi connectivity index (χ3n) is 1.81. The Morgan fingerprint density at radius 3 is 2.77 bits per heavy atom. The van der Waals surface area contributed by atoms with Gasteiger partial charge in [-0.25, -0.2) is 0 Å². The fraction of sp³-hybridized carbons (Fsp3) is 0.111. The molecule has 2 aromatic heterocycles. The molecule has 0 aliphatic carbocycles. The first kappa shape index (κ1) is 7.79. The molecule has 0 amide bonds. The molecule has 0 atom stereocenters. The molecule has 2 N–H and O–H groups in total. The highest BCUT2D eigenvalue weighted by atomic mass is 16.5. The molecule has 4 nitrogen and oxygen atoms in total. The van der Waals surface area contributed by atoms with Crippen LogP contribution >= 0.6 is 0 Å². The van der Waals surface area contributed by atoms with Crippen molar-refractivity contribution >= 4 is 5.82 Å². The van der Waals surface area contributed by atoms with E-state index in [9.17, 15) is 0 Å². The van der Waals surface area contributed by atoms with Gasteiger partial charge in [0, 0.05) is 6.20 Å².